The normalized spacial score (nSPS) is 15.1. The van der Waals surface area contributed by atoms with Crippen LogP contribution in [0.1, 0.15) is 47.0 Å². The smallest absolute Gasteiger partial charge is 0.302 e. The van der Waals surface area contributed by atoms with E-state index in [-0.39, 0.29) is 5.97 Å². The van der Waals surface area contributed by atoms with Crippen LogP contribution >= 0.6 is 0 Å². The highest BCUT2D eigenvalue weighted by molar-refractivity contribution is 5.65. The van der Waals surface area contributed by atoms with Gasteiger partial charge in [0.25, 0.3) is 0 Å². The van der Waals surface area contributed by atoms with E-state index in [0.29, 0.717) is 12.5 Å². The minimum Gasteiger partial charge on any atom is -0.466 e. The maximum atomic E-state index is 10.5. The minimum atomic E-state index is -0.171. The van der Waals surface area contributed by atoms with Crippen LogP contribution in [-0.4, -0.2) is 12.6 Å². The Bertz CT molecular complexity index is 143. The molecule has 0 saturated carbocycles. The van der Waals surface area contributed by atoms with Gasteiger partial charge in [0.05, 0.1) is 6.61 Å². The highest BCUT2D eigenvalue weighted by Gasteiger charge is 2.09. The Morgan fingerprint density at radius 2 is 1.92 bits per heavy atom. The fraction of sp³-hybridized carbons (Fsp3) is 0.909. The van der Waals surface area contributed by atoms with Gasteiger partial charge in [-0.15, -0.1) is 0 Å². The van der Waals surface area contributed by atoms with Crippen molar-refractivity contribution in [3.05, 3.63) is 0 Å². The molecule has 0 amide bonds. The molecule has 2 atom stereocenters. The third-order valence-corrected chi connectivity index (χ3v) is 2.16. The number of carbonyl (C=O) groups is 1. The van der Waals surface area contributed by atoms with Gasteiger partial charge in [-0.25, -0.2) is 0 Å². The van der Waals surface area contributed by atoms with Crippen LogP contribution in [0.15, 0.2) is 0 Å². The standard InChI is InChI=1S/C11H22O2/c1-5-6-9(2)7-10(3)8-13-11(4)12/h9-10H,5-8H2,1-4H3. The van der Waals surface area contributed by atoms with Crippen molar-refractivity contribution in [3.8, 4) is 0 Å². The second-order valence-electron chi connectivity index (χ2n) is 4.04. The third-order valence-electron chi connectivity index (χ3n) is 2.16. The SMILES string of the molecule is CCCC(C)CC(C)COC(C)=O. The molecular weight excluding hydrogens is 164 g/mol. The summed E-state index contributed by atoms with van der Waals surface area (Å²) >= 11 is 0. The van der Waals surface area contributed by atoms with E-state index in [4.69, 9.17) is 4.74 Å². The summed E-state index contributed by atoms with van der Waals surface area (Å²) in [5, 5.41) is 0. The lowest BCUT2D eigenvalue weighted by Crippen LogP contribution is -2.12. The fourth-order valence-corrected chi connectivity index (χ4v) is 1.63. The van der Waals surface area contributed by atoms with Crippen LogP contribution in [0, 0.1) is 11.8 Å². The number of hydrogen-bond donors (Lipinski definition) is 0. The molecule has 0 rings (SSSR count). The van der Waals surface area contributed by atoms with Gasteiger partial charge in [-0.05, 0) is 18.3 Å². The van der Waals surface area contributed by atoms with Gasteiger partial charge in [0.15, 0.2) is 0 Å². The second kappa shape index (κ2) is 6.93. The molecule has 0 fully saturated rings. The van der Waals surface area contributed by atoms with E-state index in [0.717, 1.165) is 12.3 Å². The molecule has 0 aliphatic rings. The zero-order valence-corrected chi connectivity index (χ0v) is 9.30. The molecule has 0 aromatic carbocycles. The highest BCUT2D eigenvalue weighted by Crippen LogP contribution is 2.16. The summed E-state index contributed by atoms with van der Waals surface area (Å²) in [6, 6.07) is 0. The number of hydrogen-bond acceptors (Lipinski definition) is 2. The number of carbonyl (C=O) groups excluding carboxylic acids is 1. The summed E-state index contributed by atoms with van der Waals surface area (Å²) in [4.78, 5) is 10.5. The summed E-state index contributed by atoms with van der Waals surface area (Å²) in [6.07, 6.45) is 3.66. The molecule has 78 valence electrons. The van der Waals surface area contributed by atoms with E-state index in [1.807, 2.05) is 0 Å². The van der Waals surface area contributed by atoms with Crippen molar-refractivity contribution in [2.24, 2.45) is 11.8 Å². The summed E-state index contributed by atoms with van der Waals surface area (Å²) in [6.45, 7) is 8.63. The minimum absolute atomic E-state index is 0.171. The predicted octanol–water partition coefficient (Wildman–Crippen LogP) is 3.01. The summed E-state index contributed by atoms with van der Waals surface area (Å²) in [7, 11) is 0. The van der Waals surface area contributed by atoms with Crippen molar-refractivity contribution in [3.63, 3.8) is 0 Å². The molecule has 0 radical (unpaired) electrons. The molecule has 0 aliphatic heterocycles. The first kappa shape index (κ1) is 12.5. The summed E-state index contributed by atoms with van der Waals surface area (Å²) in [5.41, 5.74) is 0. The highest BCUT2D eigenvalue weighted by atomic mass is 16.5. The topological polar surface area (TPSA) is 26.3 Å². The van der Waals surface area contributed by atoms with Crippen LogP contribution in [0.2, 0.25) is 0 Å². The van der Waals surface area contributed by atoms with Gasteiger partial charge in [0.1, 0.15) is 0 Å². The monoisotopic (exact) mass is 186 g/mol. The van der Waals surface area contributed by atoms with E-state index in [2.05, 4.69) is 20.8 Å². The Labute approximate surface area is 81.7 Å². The van der Waals surface area contributed by atoms with Gasteiger partial charge in [-0.3, -0.25) is 4.79 Å². The number of rotatable bonds is 6. The fourth-order valence-electron chi connectivity index (χ4n) is 1.63. The lowest BCUT2D eigenvalue weighted by molar-refractivity contribution is -0.142. The molecule has 0 heterocycles. The van der Waals surface area contributed by atoms with Crippen molar-refractivity contribution in [2.75, 3.05) is 6.61 Å². The van der Waals surface area contributed by atoms with Crippen LogP contribution < -0.4 is 0 Å². The second-order valence-corrected chi connectivity index (χ2v) is 4.04. The Kier molecular flexibility index (Phi) is 6.65. The molecule has 13 heavy (non-hydrogen) atoms. The summed E-state index contributed by atoms with van der Waals surface area (Å²) in [5.74, 6) is 1.07. The van der Waals surface area contributed by atoms with Crippen LogP contribution in [-0.2, 0) is 9.53 Å². The Balaban J connectivity index is 3.48. The lowest BCUT2D eigenvalue weighted by Gasteiger charge is -2.16. The van der Waals surface area contributed by atoms with Crippen LogP contribution in [0.25, 0.3) is 0 Å². The molecular formula is C11H22O2. The lowest BCUT2D eigenvalue weighted by atomic mass is 9.94. The molecule has 0 N–H and O–H groups in total. The molecule has 0 bridgehead atoms. The molecule has 2 unspecified atom stereocenters. The third kappa shape index (κ3) is 7.82. The van der Waals surface area contributed by atoms with Crippen molar-refractivity contribution in [1.82, 2.24) is 0 Å². The maximum absolute atomic E-state index is 10.5. The van der Waals surface area contributed by atoms with Crippen LogP contribution in [0.3, 0.4) is 0 Å². The van der Waals surface area contributed by atoms with Crippen molar-refractivity contribution in [2.45, 2.75) is 47.0 Å². The molecule has 0 aromatic heterocycles. The number of ether oxygens (including phenoxy) is 1. The van der Waals surface area contributed by atoms with E-state index in [1.165, 1.54) is 19.8 Å². The zero-order valence-electron chi connectivity index (χ0n) is 9.30. The van der Waals surface area contributed by atoms with E-state index < -0.39 is 0 Å². The quantitative estimate of drug-likeness (QED) is 0.596. The first-order valence-electron chi connectivity index (χ1n) is 5.19. The molecule has 0 aromatic rings. The van der Waals surface area contributed by atoms with Gasteiger partial charge in [0, 0.05) is 6.92 Å². The van der Waals surface area contributed by atoms with E-state index in [1.54, 1.807) is 0 Å². The van der Waals surface area contributed by atoms with Gasteiger partial charge >= 0.3 is 5.97 Å². The number of esters is 1. The van der Waals surface area contributed by atoms with Gasteiger partial charge in [-0.1, -0.05) is 33.6 Å². The predicted molar refractivity (Wildman–Crippen MR) is 54.5 cm³/mol. The van der Waals surface area contributed by atoms with Gasteiger partial charge < -0.3 is 4.74 Å². The first-order chi connectivity index (χ1) is 6.06. The van der Waals surface area contributed by atoms with Crippen molar-refractivity contribution >= 4 is 5.97 Å². The molecule has 2 nitrogen and oxygen atoms in total. The Morgan fingerprint density at radius 1 is 1.31 bits per heavy atom. The average Bonchev–Trinajstić information content (AvgIpc) is 2.01. The van der Waals surface area contributed by atoms with E-state index in [9.17, 15) is 4.79 Å². The largest absolute Gasteiger partial charge is 0.466 e. The molecule has 0 spiro atoms. The molecule has 0 aliphatic carbocycles. The first-order valence-corrected chi connectivity index (χ1v) is 5.19. The van der Waals surface area contributed by atoms with Gasteiger partial charge in [-0.2, -0.15) is 0 Å². The zero-order chi connectivity index (χ0) is 10.3. The van der Waals surface area contributed by atoms with Crippen LogP contribution in [0.5, 0.6) is 0 Å². The van der Waals surface area contributed by atoms with Crippen molar-refractivity contribution < 1.29 is 9.53 Å². The van der Waals surface area contributed by atoms with Gasteiger partial charge in [0.2, 0.25) is 0 Å². The molecule has 2 heteroatoms. The Hall–Kier alpha value is -0.530. The van der Waals surface area contributed by atoms with Crippen LogP contribution in [0.4, 0.5) is 0 Å². The molecule has 0 saturated heterocycles. The van der Waals surface area contributed by atoms with Crippen molar-refractivity contribution in [1.29, 1.82) is 0 Å². The van der Waals surface area contributed by atoms with E-state index >= 15 is 0 Å². The Morgan fingerprint density at radius 3 is 2.38 bits per heavy atom. The summed E-state index contributed by atoms with van der Waals surface area (Å²) < 4.78 is 4.94. The average molecular weight is 186 g/mol. The maximum Gasteiger partial charge on any atom is 0.302 e.